The molecule has 0 saturated carbocycles. The number of aromatic nitrogens is 4. The molecule has 0 radical (unpaired) electrons. The van der Waals surface area contributed by atoms with Gasteiger partial charge in [0.25, 0.3) is 0 Å². The highest BCUT2D eigenvalue weighted by molar-refractivity contribution is 6.15. The molecule has 12 aromatic carbocycles. The molecule has 16 aromatic rings. The Kier molecular flexibility index (Phi) is 11.1. The van der Waals surface area contributed by atoms with Gasteiger partial charge in [0.2, 0.25) is 0 Å². The van der Waals surface area contributed by atoms with Crippen LogP contribution in [0.3, 0.4) is 0 Å². The number of nitrogens with one attached hydrogen (secondary N) is 4. The molecule has 0 saturated heterocycles. The third kappa shape index (κ3) is 8.05. The minimum absolute atomic E-state index is 0.0840. The van der Waals surface area contributed by atoms with E-state index < -0.39 is 46.5 Å². The SMILES string of the molecule is Fc1cc(F)cc(C2=c3[nH]c(c4cc5ccccc5cc34)=C(c3cc(F)cc(F)c3)c3[nH]c(c4cc5ccccc5cc34)C(c3cc(F)cc(F)c3)=c3[nH]c(c4cc5ccccc5cc34)=C(c3cc(F)cc(F)c3)c3[nH]c2c2cc4ccccc4cc32)c1. The maximum atomic E-state index is 16.4. The van der Waals surface area contributed by atoms with E-state index in [1.807, 2.05) is 146 Å². The third-order valence-corrected chi connectivity index (χ3v) is 17.3. The molecular formula is C76H40F8N4. The molecule has 0 amide bonds. The first-order valence-electron chi connectivity index (χ1n) is 28.4. The summed E-state index contributed by atoms with van der Waals surface area (Å²) in [5, 5.41) is 11.8. The van der Waals surface area contributed by atoms with Crippen molar-refractivity contribution in [1.29, 1.82) is 0 Å². The number of H-pyrrole nitrogens is 4. The topological polar surface area (TPSA) is 63.2 Å². The predicted molar refractivity (Wildman–Crippen MR) is 334 cm³/mol. The van der Waals surface area contributed by atoms with Gasteiger partial charge in [0.15, 0.2) is 0 Å². The number of fused-ring (bicyclic) bond motifs is 4. The zero-order valence-electron chi connectivity index (χ0n) is 45.8. The summed E-state index contributed by atoms with van der Waals surface area (Å²) >= 11 is 0. The fourth-order valence-electron chi connectivity index (χ4n) is 13.7. The molecule has 17 rings (SSSR count). The lowest BCUT2D eigenvalue weighted by molar-refractivity contribution is 0.581. The summed E-state index contributed by atoms with van der Waals surface area (Å²) in [7, 11) is 0. The molecule has 8 bridgehead atoms. The van der Waals surface area contributed by atoms with Crippen LogP contribution < -0.4 is 21.4 Å². The van der Waals surface area contributed by atoms with E-state index in [-0.39, 0.29) is 44.5 Å². The van der Waals surface area contributed by atoms with E-state index >= 15 is 35.1 Å². The Balaban J connectivity index is 1.24. The molecule has 4 N–H and O–H groups in total. The van der Waals surface area contributed by atoms with E-state index in [9.17, 15) is 0 Å². The minimum Gasteiger partial charge on any atom is -0.353 e. The third-order valence-electron chi connectivity index (χ3n) is 17.3. The van der Waals surface area contributed by atoms with Crippen LogP contribution in [0.25, 0.3) is 108 Å². The predicted octanol–water partition coefficient (Wildman–Crippen LogP) is 16.6. The highest BCUT2D eigenvalue weighted by Crippen LogP contribution is 2.42. The van der Waals surface area contributed by atoms with Crippen molar-refractivity contribution in [2.45, 2.75) is 0 Å². The van der Waals surface area contributed by atoms with Crippen LogP contribution in [0.5, 0.6) is 0 Å². The molecule has 1 aliphatic rings. The van der Waals surface area contributed by atoms with Crippen molar-refractivity contribution < 1.29 is 35.1 Å². The fraction of sp³-hybridized carbons (Fsp3) is 0. The van der Waals surface area contributed by atoms with Crippen molar-refractivity contribution in [2.75, 3.05) is 0 Å². The summed E-state index contributed by atoms with van der Waals surface area (Å²) in [5.74, 6) is -7.09. The number of hydrogen-bond acceptors (Lipinski definition) is 0. The maximum absolute atomic E-state index is 16.4. The van der Waals surface area contributed by atoms with Crippen LogP contribution in [0.15, 0.2) is 218 Å². The molecular weight excluding hydrogens is 1120 g/mol. The number of benzene rings is 12. The van der Waals surface area contributed by atoms with Crippen LogP contribution >= 0.6 is 0 Å². The minimum atomic E-state index is -0.886. The Labute approximate surface area is 492 Å². The lowest BCUT2D eigenvalue weighted by atomic mass is 9.93. The van der Waals surface area contributed by atoms with Gasteiger partial charge < -0.3 is 19.9 Å². The standard InChI is InChI=1S/C76H40F8N4/c77-49-17-45(18-50(78)33-49)65-69-57-25-37-9-1-2-10-38(37)26-58(57)70(85-69)66(46-19-51(79)34-52(80)20-46)72-61-29-41-13-5-6-14-42(41)30-62(61)74(87-72)68(48-23-55(83)36-56(84)24-48)76-64-32-44-16-8-7-15-43(44)31-63(64)75(88-76)67(47-21-53(81)35-54(82)22-47)73-60-28-40-12-4-3-11-39(40)27-59(60)71(65)86-73/h1-36,85-88H. The highest BCUT2D eigenvalue weighted by atomic mass is 19.2. The summed E-state index contributed by atoms with van der Waals surface area (Å²) in [4.78, 5) is 15.0. The first-order chi connectivity index (χ1) is 42.8. The lowest BCUT2D eigenvalue weighted by Crippen LogP contribution is -2.20. The average molecular weight is 1160 g/mol. The number of halogens is 8. The van der Waals surface area contributed by atoms with Crippen LogP contribution in [0.1, 0.15) is 45.0 Å². The molecule has 0 atom stereocenters. The molecule has 4 aromatic heterocycles. The second-order valence-corrected chi connectivity index (χ2v) is 22.6. The van der Waals surface area contributed by atoms with Gasteiger partial charge in [-0.2, -0.15) is 0 Å². The summed E-state index contributed by atoms with van der Waals surface area (Å²) in [5.41, 5.74) is 2.67. The van der Waals surface area contributed by atoms with Crippen molar-refractivity contribution >= 4 is 108 Å². The molecule has 0 aliphatic heterocycles. The Morgan fingerprint density at radius 1 is 0.182 bits per heavy atom. The van der Waals surface area contributed by atoms with Crippen molar-refractivity contribution in [1.82, 2.24) is 19.9 Å². The summed E-state index contributed by atoms with van der Waals surface area (Å²) < 4.78 is 131. The Morgan fingerprint density at radius 2 is 0.352 bits per heavy atom. The van der Waals surface area contributed by atoms with Gasteiger partial charge in [-0.1, -0.05) is 97.1 Å². The number of aromatic amines is 4. The average Bonchev–Trinajstić information content (AvgIpc) is 1.59. The van der Waals surface area contributed by atoms with E-state index in [1.165, 1.54) is 48.5 Å². The monoisotopic (exact) mass is 1160 g/mol. The second kappa shape index (κ2) is 19.1. The van der Waals surface area contributed by atoms with Gasteiger partial charge in [-0.05, 0) is 162 Å². The number of rotatable bonds is 4. The zero-order chi connectivity index (χ0) is 59.4. The smallest absolute Gasteiger partial charge is 0.126 e. The van der Waals surface area contributed by atoms with E-state index in [4.69, 9.17) is 0 Å². The molecule has 0 unspecified atom stereocenters. The van der Waals surface area contributed by atoms with Gasteiger partial charge >= 0.3 is 0 Å². The molecule has 0 spiro atoms. The van der Waals surface area contributed by atoms with Gasteiger partial charge in [0.05, 0.1) is 44.2 Å². The largest absolute Gasteiger partial charge is 0.353 e. The van der Waals surface area contributed by atoms with Crippen molar-refractivity contribution in [3.8, 4) is 0 Å². The van der Waals surface area contributed by atoms with Gasteiger partial charge in [-0.15, -0.1) is 0 Å². The molecule has 1 aliphatic carbocycles. The molecule has 4 heterocycles. The molecule has 0 fully saturated rings. The van der Waals surface area contributed by atoms with Crippen molar-refractivity contribution in [3.05, 3.63) is 331 Å². The molecule has 12 heteroatoms. The molecule has 88 heavy (non-hydrogen) atoms. The van der Waals surface area contributed by atoms with Crippen LogP contribution in [0, 0.1) is 46.5 Å². The van der Waals surface area contributed by atoms with Crippen LogP contribution in [0.2, 0.25) is 0 Å². The Hall–Kier alpha value is -11.2. The Morgan fingerprint density at radius 3 is 0.534 bits per heavy atom. The zero-order valence-corrected chi connectivity index (χ0v) is 45.8. The first-order valence-corrected chi connectivity index (χ1v) is 28.4. The Bertz CT molecular complexity index is 5250. The molecule has 4 nitrogen and oxygen atoms in total. The van der Waals surface area contributed by atoms with Crippen molar-refractivity contribution in [3.63, 3.8) is 0 Å². The lowest BCUT2D eigenvalue weighted by Gasteiger charge is -2.11. The van der Waals surface area contributed by atoms with E-state index in [0.717, 1.165) is 67.4 Å². The summed E-state index contributed by atoms with van der Waals surface area (Å²) in [6, 6.07) is 59.2. The quantitative estimate of drug-likeness (QED) is 0.127. The van der Waals surface area contributed by atoms with Gasteiger partial charge in [-0.3, -0.25) is 0 Å². The van der Waals surface area contributed by atoms with Gasteiger partial charge in [0.1, 0.15) is 46.5 Å². The first kappa shape index (κ1) is 51.2. The van der Waals surface area contributed by atoms with E-state index in [1.54, 1.807) is 0 Å². The van der Waals surface area contributed by atoms with Crippen molar-refractivity contribution in [2.24, 2.45) is 0 Å². The van der Waals surface area contributed by atoms with Gasteiger partial charge in [0, 0.05) is 89.6 Å². The van der Waals surface area contributed by atoms with Crippen LogP contribution in [0.4, 0.5) is 35.1 Å². The highest BCUT2D eigenvalue weighted by Gasteiger charge is 2.29. The van der Waals surface area contributed by atoms with E-state index in [2.05, 4.69) is 19.9 Å². The molecule has 420 valence electrons. The van der Waals surface area contributed by atoms with Crippen LogP contribution in [-0.4, -0.2) is 19.9 Å². The van der Waals surface area contributed by atoms with E-state index in [0.29, 0.717) is 87.3 Å². The fourth-order valence-corrected chi connectivity index (χ4v) is 13.7. The normalized spacial score (nSPS) is 12.9. The number of hydrogen-bond donors (Lipinski definition) is 4. The van der Waals surface area contributed by atoms with Gasteiger partial charge in [-0.25, -0.2) is 35.1 Å². The second-order valence-electron chi connectivity index (χ2n) is 22.6. The van der Waals surface area contributed by atoms with Crippen LogP contribution in [-0.2, 0) is 0 Å². The maximum Gasteiger partial charge on any atom is 0.126 e. The summed E-state index contributed by atoms with van der Waals surface area (Å²) in [6.45, 7) is 0. The summed E-state index contributed by atoms with van der Waals surface area (Å²) in [6.07, 6.45) is 0.